The number of carbonyl (C=O) groups excluding carboxylic acids is 2. The average Bonchev–Trinajstić information content (AvgIpc) is 3.24. The molecule has 5 heteroatoms. The van der Waals surface area contributed by atoms with E-state index < -0.39 is 6.04 Å². The van der Waals surface area contributed by atoms with E-state index >= 15 is 0 Å². The number of benzene rings is 2. The first-order chi connectivity index (χ1) is 14.0. The molecular weight excluding hydrogens is 362 g/mol. The summed E-state index contributed by atoms with van der Waals surface area (Å²) in [4.78, 5) is 28.0. The molecular formula is C24H31N3O2. The maximum atomic E-state index is 12.9. The van der Waals surface area contributed by atoms with Gasteiger partial charge in [0.25, 0.3) is 5.91 Å². The summed E-state index contributed by atoms with van der Waals surface area (Å²) in [6, 6.07) is 13.2. The van der Waals surface area contributed by atoms with Crippen molar-refractivity contribution in [1.29, 1.82) is 0 Å². The monoisotopic (exact) mass is 393 g/mol. The van der Waals surface area contributed by atoms with Crippen molar-refractivity contribution in [3.8, 4) is 0 Å². The summed E-state index contributed by atoms with van der Waals surface area (Å²) in [6.07, 6.45) is 3.81. The maximum absolute atomic E-state index is 12.9. The third-order valence-electron chi connectivity index (χ3n) is 5.42. The predicted octanol–water partition coefficient (Wildman–Crippen LogP) is 4.44. The molecule has 154 valence electrons. The Bertz CT molecular complexity index is 872. The summed E-state index contributed by atoms with van der Waals surface area (Å²) in [7, 11) is 0. The smallest absolute Gasteiger partial charge is 0.252 e. The van der Waals surface area contributed by atoms with Crippen LogP contribution in [0, 0.1) is 13.8 Å². The normalized spacial score (nSPS) is 14.5. The van der Waals surface area contributed by atoms with Crippen LogP contribution in [0.4, 0.5) is 11.4 Å². The van der Waals surface area contributed by atoms with E-state index in [1.807, 2.05) is 57.2 Å². The Morgan fingerprint density at radius 2 is 1.83 bits per heavy atom. The quantitative estimate of drug-likeness (QED) is 0.731. The highest BCUT2D eigenvalue weighted by Gasteiger charge is 2.22. The second-order valence-electron chi connectivity index (χ2n) is 7.87. The predicted molar refractivity (Wildman–Crippen MR) is 119 cm³/mol. The van der Waals surface area contributed by atoms with Crippen molar-refractivity contribution < 1.29 is 9.59 Å². The molecule has 1 aliphatic rings. The van der Waals surface area contributed by atoms with Crippen molar-refractivity contribution in [2.45, 2.75) is 52.5 Å². The third kappa shape index (κ3) is 5.37. The van der Waals surface area contributed by atoms with Crippen LogP contribution in [0.15, 0.2) is 42.5 Å². The first-order valence-electron chi connectivity index (χ1n) is 10.5. The molecule has 0 aliphatic carbocycles. The van der Waals surface area contributed by atoms with Crippen LogP contribution >= 0.6 is 0 Å². The van der Waals surface area contributed by atoms with Gasteiger partial charge in [-0.25, -0.2) is 0 Å². The van der Waals surface area contributed by atoms with E-state index in [4.69, 9.17) is 0 Å². The van der Waals surface area contributed by atoms with Crippen LogP contribution < -0.4 is 15.5 Å². The van der Waals surface area contributed by atoms with Crippen molar-refractivity contribution in [1.82, 2.24) is 5.32 Å². The van der Waals surface area contributed by atoms with E-state index in [9.17, 15) is 9.59 Å². The van der Waals surface area contributed by atoms with Gasteiger partial charge in [-0.1, -0.05) is 37.1 Å². The lowest BCUT2D eigenvalue weighted by atomic mass is 10.0. The van der Waals surface area contributed by atoms with E-state index in [-0.39, 0.29) is 11.8 Å². The lowest BCUT2D eigenvalue weighted by Crippen LogP contribution is -2.44. The SMILES string of the molecule is CCCC(NC(=O)c1cc(C)ccc1C)C(=O)Nc1cccc(N2CCCC2)c1. The number of anilines is 2. The molecule has 0 bridgehead atoms. The second-order valence-corrected chi connectivity index (χ2v) is 7.87. The van der Waals surface area contributed by atoms with Crippen molar-refractivity contribution >= 4 is 23.2 Å². The molecule has 1 unspecified atom stereocenters. The Hall–Kier alpha value is -2.82. The van der Waals surface area contributed by atoms with Gasteiger partial charge in [0.1, 0.15) is 6.04 Å². The minimum absolute atomic E-state index is 0.177. The summed E-state index contributed by atoms with van der Waals surface area (Å²) < 4.78 is 0. The van der Waals surface area contributed by atoms with Gasteiger partial charge in [0.15, 0.2) is 0 Å². The van der Waals surface area contributed by atoms with Crippen LogP contribution in [-0.2, 0) is 4.79 Å². The van der Waals surface area contributed by atoms with E-state index in [0.29, 0.717) is 12.0 Å². The molecule has 3 rings (SSSR count). The minimum Gasteiger partial charge on any atom is -0.371 e. The van der Waals surface area contributed by atoms with Gasteiger partial charge in [0, 0.05) is 30.0 Å². The summed E-state index contributed by atoms with van der Waals surface area (Å²) in [5, 5.41) is 5.92. The van der Waals surface area contributed by atoms with E-state index in [0.717, 1.165) is 42.0 Å². The fourth-order valence-corrected chi connectivity index (χ4v) is 3.76. The van der Waals surface area contributed by atoms with Crippen LogP contribution in [0.1, 0.15) is 54.1 Å². The highest BCUT2D eigenvalue weighted by Crippen LogP contribution is 2.23. The summed E-state index contributed by atoms with van der Waals surface area (Å²) in [6.45, 7) is 7.99. The lowest BCUT2D eigenvalue weighted by molar-refractivity contribution is -0.118. The van der Waals surface area contributed by atoms with Gasteiger partial charge >= 0.3 is 0 Å². The highest BCUT2D eigenvalue weighted by atomic mass is 16.2. The summed E-state index contributed by atoms with van der Waals surface area (Å²) in [5.41, 5.74) is 4.45. The molecule has 1 aliphatic heterocycles. The Balaban J connectivity index is 1.70. The Labute approximate surface area is 173 Å². The molecule has 2 N–H and O–H groups in total. The van der Waals surface area contributed by atoms with Gasteiger partial charge in [0.2, 0.25) is 5.91 Å². The van der Waals surface area contributed by atoms with Gasteiger partial charge < -0.3 is 15.5 Å². The molecule has 0 saturated carbocycles. The molecule has 2 aromatic carbocycles. The van der Waals surface area contributed by atoms with E-state index in [1.54, 1.807) is 0 Å². The number of nitrogens with zero attached hydrogens (tertiary/aromatic N) is 1. The van der Waals surface area contributed by atoms with Gasteiger partial charge in [-0.05, 0) is 62.9 Å². The number of rotatable bonds is 7. The van der Waals surface area contributed by atoms with Crippen LogP contribution in [-0.4, -0.2) is 30.9 Å². The molecule has 1 saturated heterocycles. The standard InChI is InChI=1S/C24H31N3O2/c1-4-8-22(26-23(28)21-15-17(2)11-12-18(21)3)24(29)25-19-9-7-10-20(16-19)27-13-5-6-14-27/h7,9-12,15-16,22H,4-6,8,13-14H2,1-3H3,(H,25,29)(H,26,28). The molecule has 0 aromatic heterocycles. The molecule has 0 radical (unpaired) electrons. The first kappa shape index (κ1) is 20.9. The number of carbonyl (C=O) groups is 2. The van der Waals surface area contributed by atoms with Crippen molar-refractivity contribution in [2.24, 2.45) is 0 Å². The zero-order chi connectivity index (χ0) is 20.8. The topological polar surface area (TPSA) is 61.4 Å². The molecule has 5 nitrogen and oxygen atoms in total. The third-order valence-corrected chi connectivity index (χ3v) is 5.42. The van der Waals surface area contributed by atoms with Crippen LogP contribution in [0.25, 0.3) is 0 Å². The van der Waals surface area contributed by atoms with Gasteiger partial charge in [-0.3, -0.25) is 9.59 Å². The van der Waals surface area contributed by atoms with Crippen molar-refractivity contribution in [3.63, 3.8) is 0 Å². The van der Waals surface area contributed by atoms with Crippen molar-refractivity contribution in [3.05, 3.63) is 59.2 Å². The van der Waals surface area contributed by atoms with E-state index in [1.165, 1.54) is 12.8 Å². The Morgan fingerprint density at radius 1 is 1.07 bits per heavy atom. The fraction of sp³-hybridized carbons (Fsp3) is 0.417. The zero-order valence-electron chi connectivity index (χ0n) is 17.6. The molecule has 1 heterocycles. The van der Waals surface area contributed by atoms with Crippen LogP contribution in [0.2, 0.25) is 0 Å². The van der Waals surface area contributed by atoms with Gasteiger partial charge in [-0.15, -0.1) is 0 Å². The molecule has 0 spiro atoms. The highest BCUT2D eigenvalue weighted by molar-refractivity contribution is 6.02. The maximum Gasteiger partial charge on any atom is 0.252 e. The molecule has 29 heavy (non-hydrogen) atoms. The van der Waals surface area contributed by atoms with Crippen LogP contribution in [0.3, 0.4) is 0 Å². The zero-order valence-corrected chi connectivity index (χ0v) is 17.6. The molecule has 1 fully saturated rings. The minimum atomic E-state index is -0.567. The lowest BCUT2D eigenvalue weighted by Gasteiger charge is -2.21. The first-order valence-corrected chi connectivity index (χ1v) is 10.5. The van der Waals surface area contributed by atoms with Crippen LogP contribution in [0.5, 0.6) is 0 Å². The molecule has 2 aromatic rings. The second kappa shape index (κ2) is 9.59. The van der Waals surface area contributed by atoms with Gasteiger partial charge in [0.05, 0.1) is 0 Å². The Kier molecular flexibility index (Phi) is 6.91. The fourth-order valence-electron chi connectivity index (χ4n) is 3.76. The molecule has 2 amide bonds. The summed E-state index contributed by atoms with van der Waals surface area (Å²) >= 11 is 0. The Morgan fingerprint density at radius 3 is 2.55 bits per heavy atom. The van der Waals surface area contributed by atoms with E-state index in [2.05, 4.69) is 21.6 Å². The number of hydrogen-bond acceptors (Lipinski definition) is 3. The summed E-state index contributed by atoms with van der Waals surface area (Å²) in [5.74, 6) is -0.380. The number of nitrogens with one attached hydrogen (secondary N) is 2. The number of amides is 2. The largest absolute Gasteiger partial charge is 0.371 e. The molecule has 1 atom stereocenters. The number of hydrogen-bond donors (Lipinski definition) is 2. The average molecular weight is 394 g/mol. The van der Waals surface area contributed by atoms with Gasteiger partial charge in [-0.2, -0.15) is 0 Å². The van der Waals surface area contributed by atoms with Crippen molar-refractivity contribution in [2.75, 3.05) is 23.3 Å². The number of aryl methyl sites for hydroxylation is 2.